The molecule has 0 amide bonds. The van der Waals surface area contributed by atoms with Gasteiger partial charge in [-0.05, 0) is 61.8 Å². The van der Waals surface area contributed by atoms with E-state index in [-0.39, 0.29) is 17.8 Å². The first-order valence-corrected chi connectivity index (χ1v) is 7.92. The van der Waals surface area contributed by atoms with Gasteiger partial charge in [0.15, 0.2) is 0 Å². The van der Waals surface area contributed by atoms with Gasteiger partial charge in [0.1, 0.15) is 0 Å². The first kappa shape index (κ1) is 17.8. The Balaban J connectivity index is 0.00000200. The van der Waals surface area contributed by atoms with Crippen molar-refractivity contribution in [2.45, 2.75) is 58.8 Å². The molecule has 2 fully saturated rings. The fourth-order valence-electron chi connectivity index (χ4n) is 4.33. The summed E-state index contributed by atoms with van der Waals surface area (Å²) in [5, 5.41) is 12.8. The van der Waals surface area contributed by atoms with Gasteiger partial charge in [-0.1, -0.05) is 20.3 Å². The first-order chi connectivity index (χ1) is 8.99. The van der Waals surface area contributed by atoms with Crippen molar-refractivity contribution in [2.75, 3.05) is 13.1 Å². The van der Waals surface area contributed by atoms with E-state index >= 15 is 0 Å². The molecule has 2 aliphatic rings. The molecule has 0 spiro atoms. The summed E-state index contributed by atoms with van der Waals surface area (Å²) >= 11 is 0. The van der Waals surface area contributed by atoms with Crippen molar-refractivity contribution in [1.29, 1.82) is 0 Å². The molecule has 0 radical (unpaired) electrons. The molecule has 0 aliphatic heterocycles. The van der Waals surface area contributed by atoms with Crippen LogP contribution in [0, 0.1) is 23.2 Å². The van der Waals surface area contributed by atoms with Crippen LogP contribution >= 0.6 is 12.4 Å². The van der Waals surface area contributed by atoms with E-state index in [1.54, 1.807) is 0 Å². The highest BCUT2D eigenvalue weighted by atomic mass is 35.5. The van der Waals surface area contributed by atoms with Gasteiger partial charge < -0.3 is 10.4 Å². The van der Waals surface area contributed by atoms with E-state index < -0.39 is 5.97 Å². The van der Waals surface area contributed by atoms with Crippen LogP contribution < -0.4 is 5.32 Å². The molecule has 2 rings (SSSR count). The summed E-state index contributed by atoms with van der Waals surface area (Å²) in [6.07, 6.45) is 7.81. The molecule has 0 aromatic rings. The van der Waals surface area contributed by atoms with Gasteiger partial charge in [0.2, 0.25) is 0 Å². The minimum absolute atomic E-state index is 0. The Kier molecular flexibility index (Phi) is 6.80. The Morgan fingerprint density at radius 3 is 2.30 bits per heavy atom. The lowest BCUT2D eigenvalue weighted by molar-refractivity contribution is -0.140. The van der Waals surface area contributed by atoms with Crippen molar-refractivity contribution < 1.29 is 9.90 Å². The SMILES string of the molecule is C[C@@H]1C[C@H](C)CC(CNCC2CCC2)(CC(=O)O)C1.Cl. The number of carboxylic acid groups (broad SMARTS) is 1. The summed E-state index contributed by atoms with van der Waals surface area (Å²) in [5.74, 6) is 1.54. The zero-order valence-corrected chi connectivity index (χ0v) is 13.7. The molecule has 3 atom stereocenters. The molecule has 2 N–H and O–H groups in total. The number of carbonyl (C=O) groups is 1. The summed E-state index contributed by atoms with van der Waals surface area (Å²) < 4.78 is 0. The van der Waals surface area contributed by atoms with Gasteiger partial charge in [-0.2, -0.15) is 0 Å². The van der Waals surface area contributed by atoms with Crippen LogP contribution in [0.3, 0.4) is 0 Å². The summed E-state index contributed by atoms with van der Waals surface area (Å²) in [5.41, 5.74) is -0.00728. The van der Waals surface area contributed by atoms with E-state index in [1.807, 2.05) is 0 Å². The lowest BCUT2D eigenvalue weighted by Gasteiger charge is -2.43. The number of carboxylic acids is 1. The third kappa shape index (κ3) is 4.92. The van der Waals surface area contributed by atoms with Gasteiger partial charge in [0, 0.05) is 6.54 Å². The van der Waals surface area contributed by atoms with E-state index in [0.717, 1.165) is 31.8 Å². The molecule has 4 heteroatoms. The van der Waals surface area contributed by atoms with Gasteiger partial charge in [-0.25, -0.2) is 0 Å². The van der Waals surface area contributed by atoms with Gasteiger partial charge in [0.25, 0.3) is 0 Å². The molecule has 0 aromatic heterocycles. The second-order valence-electron chi connectivity index (χ2n) is 7.35. The minimum atomic E-state index is -0.633. The smallest absolute Gasteiger partial charge is 0.303 e. The standard InChI is InChI=1S/C16H29NO2.ClH/c1-12-6-13(2)8-16(7-12,9-15(18)19)11-17-10-14-4-3-5-14;/h12-14,17H,3-11H2,1-2H3,(H,18,19);1H/t12-,13+,16?;. The van der Waals surface area contributed by atoms with Crippen molar-refractivity contribution in [1.82, 2.24) is 5.32 Å². The fourth-order valence-corrected chi connectivity index (χ4v) is 4.33. The Morgan fingerprint density at radius 1 is 1.25 bits per heavy atom. The number of aliphatic carboxylic acids is 1. The van der Waals surface area contributed by atoms with Gasteiger partial charge >= 0.3 is 5.97 Å². The van der Waals surface area contributed by atoms with E-state index in [2.05, 4.69) is 19.2 Å². The van der Waals surface area contributed by atoms with Crippen LogP contribution in [0.5, 0.6) is 0 Å². The van der Waals surface area contributed by atoms with Crippen LogP contribution in [0.4, 0.5) is 0 Å². The van der Waals surface area contributed by atoms with E-state index in [4.69, 9.17) is 0 Å². The molecule has 0 saturated heterocycles. The van der Waals surface area contributed by atoms with Gasteiger partial charge in [0.05, 0.1) is 6.42 Å². The van der Waals surface area contributed by atoms with Crippen LogP contribution in [-0.2, 0) is 4.79 Å². The monoisotopic (exact) mass is 303 g/mol. The zero-order chi connectivity index (χ0) is 13.9. The molecule has 20 heavy (non-hydrogen) atoms. The minimum Gasteiger partial charge on any atom is -0.481 e. The number of nitrogens with one attached hydrogen (secondary N) is 1. The molecule has 1 unspecified atom stereocenters. The molecule has 118 valence electrons. The van der Waals surface area contributed by atoms with Crippen LogP contribution in [0.15, 0.2) is 0 Å². The predicted molar refractivity (Wildman–Crippen MR) is 84.3 cm³/mol. The van der Waals surface area contributed by atoms with Crippen molar-refractivity contribution in [2.24, 2.45) is 23.2 Å². The van der Waals surface area contributed by atoms with Crippen LogP contribution in [-0.4, -0.2) is 24.2 Å². The molecule has 0 bridgehead atoms. The normalized spacial score (nSPS) is 34.1. The lowest BCUT2D eigenvalue weighted by atomic mass is 9.64. The summed E-state index contributed by atoms with van der Waals surface area (Å²) in [4.78, 5) is 11.2. The first-order valence-electron chi connectivity index (χ1n) is 7.92. The quantitative estimate of drug-likeness (QED) is 0.786. The van der Waals surface area contributed by atoms with Gasteiger partial charge in [-0.3, -0.25) is 4.79 Å². The molecule has 0 aromatic carbocycles. The number of hydrogen-bond acceptors (Lipinski definition) is 2. The van der Waals surface area contributed by atoms with E-state index in [0.29, 0.717) is 18.3 Å². The topological polar surface area (TPSA) is 49.3 Å². The van der Waals surface area contributed by atoms with Crippen molar-refractivity contribution >= 4 is 18.4 Å². The highest BCUT2D eigenvalue weighted by Crippen LogP contribution is 2.44. The maximum absolute atomic E-state index is 11.2. The zero-order valence-electron chi connectivity index (χ0n) is 12.9. The third-order valence-electron chi connectivity index (χ3n) is 5.05. The van der Waals surface area contributed by atoms with Crippen molar-refractivity contribution in [3.63, 3.8) is 0 Å². The van der Waals surface area contributed by atoms with E-state index in [9.17, 15) is 9.90 Å². The van der Waals surface area contributed by atoms with Crippen LogP contribution in [0.2, 0.25) is 0 Å². The molecule has 2 saturated carbocycles. The Labute approximate surface area is 129 Å². The summed E-state index contributed by atoms with van der Waals surface area (Å²) in [7, 11) is 0. The average Bonchev–Trinajstić information content (AvgIpc) is 2.18. The van der Waals surface area contributed by atoms with Crippen molar-refractivity contribution in [3.05, 3.63) is 0 Å². The number of halogens is 1. The van der Waals surface area contributed by atoms with Gasteiger partial charge in [-0.15, -0.1) is 12.4 Å². The van der Waals surface area contributed by atoms with Crippen molar-refractivity contribution in [3.8, 4) is 0 Å². The third-order valence-corrected chi connectivity index (χ3v) is 5.05. The lowest BCUT2D eigenvalue weighted by Crippen LogP contribution is -2.43. The highest BCUT2D eigenvalue weighted by molar-refractivity contribution is 5.85. The molecular weight excluding hydrogens is 274 g/mol. The second kappa shape index (κ2) is 7.65. The maximum atomic E-state index is 11.2. The Bertz CT molecular complexity index is 308. The number of hydrogen-bond donors (Lipinski definition) is 2. The Hall–Kier alpha value is -0.280. The number of rotatable bonds is 6. The molecule has 0 heterocycles. The summed E-state index contributed by atoms with van der Waals surface area (Å²) in [6, 6.07) is 0. The average molecular weight is 304 g/mol. The maximum Gasteiger partial charge on any atom is 0.303 e. The molecule has 3 nitrogen and oxygen atoms in total. The molecular formula is C16H30ClNO2. The van der Waals surface area contributed by atoms with Crippen LogP contribution in [0.25, 0.3) is 0 Å². The highest BCUT2D eigenvalue weighted by Gasteiger charge is 2.39. The largest absolute Gasteiger partial charge is 0.481 e. The van der Waals surface area contributed by atoms with E-state index in [1.165, 1.54) is 25.7 Å². The molecule has 2 aliphatic carbocycles. The summed E-state index contributed by atoms with van der Waals surface area (Å²) in [6.45, 7) is 6.53. The van der Waals surface area contributed by atoms with Crippen LogP contribution in [0.1, 0.15) is 58.8 Å². The fraction of sp³-hybridized carbons (Fsp3) is 0.938. The second-order valence-corrected chi connectivity index (χ2v) is 7.35. The Morgan fingerprint density at radius 2 is 1.85 bits per heavy atom. The predicted octanol–water partition coefficient (Wildman–Crippen LogP) is 3.72.